The summed E-state index contributed by atoms with van der Waals surface area (Å²) in [7, 11) is 0. The van der Waals surface area contributed by atoms with Crippen molar-refractivity contribution in [3.05, 3.63) is 33.9 Å². The summed E-state index contributed by atoms with van der Waals surface area (Å²) in [6.45, 7) is 3.93. The van der Waals surface area contributed by atoms with Crippen molar-refractivity contribution in [2.45, 2.75) is 26.7 Å². The van der Waals surface area contributed by atoms with E-state index in [0.29, 0.717) is 5.65 Å². The van der Waals surface area contributed by atoms with Crippen molar-refractivity contribution in [2.75, 3.05) is 0 Å². The van der Waals surface area contributed by atoms with Crippen LogP contribution in [0.2, 0.25) is 0 Å². The number of hydrogen-bond acceptors (Lipinski definition) is 2. The molecule has 2 heterocycles. The maximum absolute atomic E-state index is 11.5. The van der Waals surface area contributed by atoms with Crippen LogP contribution < -0.4 is 5.56 Å². The molecule has 2 aromatic heterocycles. The number of aromatic amines is 1. The average molecular weight is 191 g/mol. The van der Waals surface area contributed by atoms with Crippen molar-refractivity contribution in [2.24, 2.45) is 0 Å². The van der Waals surface area contributed by atoms with Crippen molar-refractivity contribution < 1.29 is 0 Å². The van der Waals surface area contributed by atoms with Gasteiger partial charge in [0, 0.05) is 23.5 Å². The van der Waals surface area contributed by atoms with Gasteiger partial charge in [-0.15, -0.1) is 0 Å². The van der Waals surface area contributed by atoms with E-state index in [9.17, 15) is 4.79 Å². The fourth-order valence-corrected chi connectivity index (χ4v) is 1.56. The van der Waals surface area contributed by atoms with E-state index in [2.05, 4.69) is 17.0 Å². The van der Waals surface area contributed by atoms with Crippen LogP contribution in [-0.2, 0) is 6.42 Å². The lowest BCUT2D eigenvalue weighted by Crippen LogP contribution is -2.14. The highest BCUT2D eigenvalue weighted by Gasteiger charge is 2.03. The van der Waals surface area contributed by atoms with Gasteiger partial charge in [-0.1, -0.05) is 13.3 Å². The summed E-state index contributed by atoms with van der Waals surface area (Å²) < 4.78 is 1.48. The van der Waals surface area contributed by atoms with Crippen molar-refractivity contribution in [1.82, 2.24) is 14.6 Å². The van der Waals surface area contributed by atoms with Gasteiger partial charge in [0.15, 0.2) is 5.65 Å². The zero-order chi connectivity index (χ0) is 10.1. The van der Waals surface area contributed by atoms with Gasteiger partial charge in [-0.05, 0) is 13.3 Å². The number of nitrogens with one attached hydrogen (secondary N) is 1. The summed E-state index contributed by atoms with van der Waals surface area (Å²) in [4.78, 5) is 15.8. The molecule has 4 heteroatoms. The summed E-state index contributed by atoms with van der Waals surface area (Å²) >= 11 is 0. The van der Waals surface area contributed by atoms with Crippen LogP contribution in [0.5, 0.6) is 0 Å². The largest absolute Gasteiger partial charge is 0.294 e. The third-order valence-electron chi connectivity index (χ3n) is 2.15. The van der Waals surface area contributed by atoms with Crippen molar-refractivity contribution in [1.29, 1.82) is 0 Å². The van der Waals surface area contributed by atoms with Gasteiger partial charge in [0.1, 0.15) is 0 Å². The lowest BCUT2D eigenvalue weighted by Gasteiger charge is -1.93. The smallest absolute Gasteiger partial charge is 0.272 e. The monoisotopic (exact) mass is 191 g/mol. The van der Waals surface area contributed by atoms with E-state index >= 15 is 0 Å². The molecule has 0 unspecified atom stereocenters. The predicted octanol–water partition coefficient (Wildman–Crippen LogP) is 1.28. The standard InChI is InChI=1S/C10H13N3O/c1-3-4-8-6-9-11-7(2)5-10(14)13(9)12-8/h5-6,12H,3-4H2,1-2H3. The van der Waals surface area contributed by atoms with Crippen LogP contribution in [0.15, 0.2) is 16.9 Å². The lowest BCUT2D eigenvalue weighted by molar-refractivity contribution is 0.815. The molecule has 0 aliphatic heterocycles. The quantitative estimate of drug-likeness (QED) is 0.777. The Kier molecular flexibility index (Phi) is 2.11. The maximum Gasteiger partial charge on any atom is 0.272 e. The summed E-state index contributed by atoms with van der Waals surface area (Å²) in [5.41, 5.74) is 2.48. The summed E-state index contributed by atoms with van der Waals surface area (Å²) in [5, 5.41) is 3.03. The number of aryl methyl sites for hydroxylation is 2. The Balaban J connectivity index is 2.65. The second-order valence-electron chi connectivity index (χ2n) is 3.46. The molecule has 2 rings (SSSR count). The highest BCUT2D eigenvalue weighted by atomic mass is 16.1. The van der Waals surface area contributed by atoms with E-state index < -0.39 is 0 Å². The van der Waals surface area contributed by atoms with Gasteiger partial charge < -0.3 is 0 Å². The van der Waals surface area contributed by atoms with Crippen LogP contribution in [0.3, 0.4) is 0 Å². The van der Waals surface area contributed by atoms with Crippen LogP contribution >= 0.6 is 0 Å². The van der Waals surface area contributed by atoms with Gasteiger partial charge >= 0.3 is 0 Å². The van der Waals surface area contributed by atoms with E-state index in [1.54, 1.807) is 0 Å². The summed E-state index contributed by atoms with van der Waals surface area (Å²) in [6, 6.07) is 3.46. The van der Waals surface area contributed by atoms with Gasteiger partial charge in [-0.3, -0.25) is 9.89 Å². The highest BCUT2D eigenvalue weighted by molar-refractivity contribution is 5.39. The van der Waals surface area contributed by atoms with Gasteiger partial charge in [-0.2, -0.15) is 0 Å². The van der Waals surface area contributed by atoms with Crippen molar-refractivity contribution >= 4 is 5.65 Å². The Morgan fingerprint density at radius 3 is 3.00 bits per heavy atom. The number of hydrogen-bond donors (Lipinski definition) is 1. The molecule has 0 aliphatic rings. The minimum Gasteiger partial charge on any atom is -0.294 e. The molecule has 0 saturated heterocycles. The Morgan fingerprint density at radius 2 is 2.29 bits per heavy atom. The second kappa shape index (κ2) is 3.29. The molecular weight excluding hydrogens is 178 g/mol. The first-order valence-electron chi connectivity index (χ1n) is 4.79. The zero-order valence-electron chi connectivity index (χ0n) is 8.37. The van der Waals surface area contributed by atoms with Crippen molar-refractivity contribution in [3.8, 4) is 0 Å². The minimum atomic E-state index is -0.0464. The van der Waals surface area contributed by atoms with Crippen LogP contribution in [0, 0.1) is 6.92 Å². The number of nitrogens with zero attached hydrogens (tertiary/aromatic N) is 2. The van der Waals surface area contributed by atoms with Crippen LogP contribution in [0.25, 0.3) is 5.65 Å². The molecule has 14 heavy (non-hydrogen) atoms. The highest BCUT2D eigenvalue weighted by Crippen LogP contribution is 2.04. The third kappa shape index (κ3) is 1.43. The molecule has 0 spiro atoms. The first-order chi connectivity index (χ1) is 6.70. The van der Waals surface area contributed by atoms with Crippen LogP contribution in [-0.4, -0.2) is 14.6 Å². The predicted molar refractivity (Wildman–Crippen MR) is 54.5 cm³/mol. The molecule has 2 aromatic rings. The maximum atomic E-state index is 11.5. The van der Waals surface area contributed by atoms with E-state index in [-0.39, 0.29) is 5.56 Å². The van der Waals surface area contributed by atoms with Crippen LogP contribution in [0.4, 0.5) is 0 Å². The fraction of sp³-hybridized carbons (Fsp3) is 0.400. The number of fused-ring (bicyclic) bond motifs is 1. The summed E-state index contributed by atoms with van der Waals surface area (Å²) in [5.74, 6) is 0. The first-order valence-corrected chi connectivity index (χ1v) is 4.79. The van der Waals surface area contributed by atoms with E-state index in [0.717, 1.165) is 24.2 Å². The fourth-order valence-electron chi connectivity index (χ4n) is 1.56. The van der Waals surface area contributed by atoms with Gasteiger partial charge in [0.2, 0.25) is 0 Å². The Morgan fingerprint density at radius 1 is 1.50 bits per heavy atom. The second-order valence-corrected chi connectivity index (χ2v) is 3.46. The molecule has 4 nitrogen and oxygen atoms in total. The molecule has 0 saturated carbocycles. The Labute approximate surface area is 81.6 Å². The van der Waals surface area contributed by atoms with E-state index in [1.165, 1.54) is 10.6 Å². The van der Waals surface area contributed by atoms with E-state index in [1.807, 2.05) is 13.0 Å². The Bertz CT molecular complexity index is 510. The molecule has 0 aliphatic carbocycles. The van der Waals surface area contributed by atoms with Crippen LogP contribution in [0.1, 0.15) is 24.7 Å². The molecule has 0 amide bonds. The number of H-pyrrole nitrogens is 1. The SMILES string of the molecule is CCCc1cc2nc(C)cc(=O)n2[nH]1. The summed E-state index contributed by atoms with van der Waals surface area (Å²) in [6.07, 6.45) is 2.00. The van der Waals surface area contributed by atoms with Gasteiger partial charge in [0.05, 0.1) is 0 Å². The normalized spacial score (nSPS) is 11.0. The first kappa shape index (κ1) is 8.99. The van der Waals surface area contributed by atoms with Gasteiger partial charge in [-0.25, -0.2) is 9.50 Å². The zero-order valence-corrected chi connectivity index (χ0v) is 8.37. The topological polar surface area (TPSA) is 50.2 Å². The number of rotatable bonds is 2. The molecule has 0 atom stereocenters. The van der Waals surface area contributed by atoms with Gasteiger partial charge in [0.25, 0.3) is 5.56 Å². The molecular formula is C10H13N3O. The third-order valence-corrected chi connectivity index (χ3v) is 2.15. The molecule has 74 valence electrons. The minimum absolute atomic E-state index is 0.0464. The lowest BCUT2D eigenvalue weighted by atomic mass is 10.2. The molecule has 0 aromatic carbocycles. The molecule has 1 N–H and O–H groups in total. The molecule has 0 fully saturated rings. The van der Waals surface area contributed by atoms with E-state index in [4.69, 9.17) is 0 Å². The Hall–Kier alpha value is -1.58. The van der Waals surface area contributed by atoms with Crippen molar-refractivity contribution in [3.63, 3.8) is 0 Å². The molecule has 0 bridgehead atoms. The average Bonchev–Trinajstić information content (AvgIpc) is 2.48. The number of aromatic nitrogens is 3. The molecule has 0 radical (unpaired) electrons.